The van der Waals surface area contributed by atoms with E-state index in [2.05, 4.69) is 10.6 Å². The predicted octanol–water partition coefficient (Wildman–Crippen LogP) is 2.38. The Kier molecular flexibility index (Phi) is 7.34. The van der Waals surface area contributed by atoms with Crippen molar-refractivity contribution >= 4 is 15.9 Å². The number of urea groups is 1. The number of nitrogens with one attached hydrogen (secondary N) is 2. The van der Waals surface area contributed by atoms with Gasteiger partial charge in [-0.15, -0.1) is 0 Å². The van der Waals surface area contributed by atoms with Crippen molar-refractivity contribution in [1.29, 1.82) is 0 Å². The van der Waals surface area contributed by atoms with Crippen LogP contribution < -0.4 is 10.6 Å². The van der Waals surface area contributed by atoms with Crippen LogP contribution in [0.15, 0.2) is 0 Å². The number of hydrogen-bond donors (Lipinski definition) is 2. The molecule has 0 aliphatic heterocycles. The summed E-state index contributed by atoms with van der Waals surface area (Å²) in [6.07, 6.45) is 9.63. The standard InChI is InChI=1S/C17H32N2O4S/c1-3-23-16-11-6-4-5-10-15(16)19-17(20)18-13-8-7-9-14(12-13)24(2,21)22/h13-16H,3-12H2,1-2H3,(H2,18,19,20)/t13?,14?,15-,16-/m1/s1. The molecule has 4 atom stereocenters. The summed E-state index contributed by atoms with van der Waals surface area (Å²) < 4.78 is 29.3. The summed E-state index contributed by atoms with van der Waals surface area (Å²) in [4.78, 5) is 12.4. The Labute approximate surface area is 146 Å². The zero-order valence-electron chi connectivity index (χ0n) is 14.9. The van der Waals surface area contributed by atoms with Crippen molar-refractivity contribution in [3.63, 3.8) is 0 Å². The molecule has 0 aromatic heterocycles. The molecule has 2 rings (SSSR count). The maximum atomic E-state index is 12.4. The summed E-state index contributed by atoms with van der Waals surface area (Å²) in [6, 6.07) is -0.206. The van der Waals surface area contributed by atoms with E-state index in [1.165, 1.54) is 12.7 Å². The van der Waals surface area contributed by atoms with Crippen molar-refractivity contribution < 1.29 is 17.9 Å². The Bertz CT molecular complexity index is 509. The Morgan fingerprint density at radius 2 is 1.79 bits per heavy atom. The van der Waals surface area contributed by atoms with Gasteiger partial charge in [0.15, 0.2) is 0 Å². The maximum Gasteiger partial charge on any atom is 0.315 e. The molecule has 6 nitrogen and oxygen atoms in total. The second kappa shape index (κ2) is 9.04. The van der Waals surface area contributed by atoms with E-state index < -0.39 is 9.84 Å². The number of ether oxygens (including phenoxy) is 1. The minimum atomic E-state index is -3.03. The molecule has 0 saturated heterocycles. The quantitative estimate of drug-likeness (QED) is 0.737. The van der Waals surface area contributed by atoms with Gasteiger partial charge in [-0.05, 0) is 39.0 Å². The third kappa shape index (κ3) is 5.92. The number of carbonyl (C=O) groups is 1. The monoisotopic (exact) mass is 360 g/mol. The van der Waals surface area contributed by atoms with Crippen molar-refractivity contribution in [3.05, 3.63) is 0 Å². The second-order valence-corrected chi connectivity index (χ2v) is 9.50. The van der Waals surface area contributed by atoms with Crippen LogP contribution in [0.25, 0.3) is 0 Å². The van der Waals surface area contributed by atoms with Crippen LogP contribution in [0.1, 0.15) is 64.7 Å². The first-order valence-electron chi connectivity index (χ1n) is 9.27. The van der Waals surface area contributed by atoms with Crippen LogP contribution >= 0.6 is 0 Å². The molecule has 2 aliphatic rings. The van der Waals surface area contributed by atoms with Gasteiger partial charge in [-0.2, -0.15) is 0 Å². The summed E-state index contributed by atoms with van der Waals surface area (Å²) in [6.45, 7) is 2.64. The Morgan fingerprint density at radius 1 is 1.04 bits per heavy atom. The number of carbonyl (C=O) groups excluding carboxylic acids is 1. The zero-order chi connectivity index (χ0) is 17.6. The largest absolute Gasteiger partial charge is 0.376 e. The van der Waals surface area contributed by atoms with Crippen LogP contribution in [0.2, 0.25) is 0 Å². The number of sulfone groups is 1. The molecule has 2 amide bonds. The predicted molar refractivity (Wildman–Crippen MR) is 94.8 cm³/mol. The maximum absolute atomic E-state index is 12.4. The van der Waals surface area contributed by atoms with Gasteiger partial charge in [-0.1, -0.05) is 25.7 Å². The highest BCUT2D eigenvalue weighted by Crippen LogP contribution is 2.24. The molecule has 0 aromatic rings. The second-order valence-electron chi connectivity index (χ2n) is 7.17. The topological polar surface area (TPSA) is 84.5 Å². The summed E-state index contributed by atoms with van der Waals surface area (Å²) >= 11 is 0. The molecular formula is C17H32N2O4S. The molecule has 0 heterocycles. The van der Waals surface area contributed by atoms with Crippen molar-refractivity contribution in [1.82, 2.24) is 10.6 Å². The molecule has 2 saturated carbocycles. The summed E-state index contributed by atoms with van der Waals surface area (Å²) in [5, 5.41) is 5.72. The number of hydrogen-bond acceptors (Lipinski definition) is 4. The van der Waals surface area contributed by atoms with Crippen LogP contribution in [0.3, 0.4) is 0 Å². The first kappa shape index (κ1) is 19.5. The molecule has 0 radical (unpaired) electrons. The van der Waals surface area contributed by atoms with Gasteiger partial charge in [0.05, 0.1) is 17.4 Å². The van der Waals surface area contributed by atoms with Crippen molar-refractivity contribution in [2.45, 2.75) is 88.1 Å². The first-order valence-corrected chi connectivity index (χ1v) is 11.2. The van der Waals surface area contributed by atoms with Gasteiger partial charge in [-0.25, -0.2) is 13.2 Å². The molecule has 0 spiro atoms. The van der Waals surface area contributed by atoms with E-state index in [0.29, 0.717) is 19.4 Å². The van der Waals surface area contributed by atoms with E-state index in [4.69, 9.17) is 4.74 Å². The molecule has 2 aliphatic carbocycles. The van der Waals surface area contributed by atoms with E-state index >= 15 is 0 Å². The third-order valence-corrected chi connectivity index (χ3v) is 6.86. The molecule has 2 unspecified atom stereocenters. The number of amides is 2. The van der Waals surface area contributed by atoms with Gasteiger partial charge in [0.1, 0.15) is 9.84 Å². The highest BCUT2D eigenvalue weighted by molar-refractivity contribution is 7.91. The summed E-state index contributed by atoms with van der Waals surface area (Å²) in [7, 11) is -3.03. The van der Waals surface area contributed by atoms with E-state index in [-0.39, 0.29) is 29.5 Å². The Balaban J connectivity index is 1.87. The van der Waals surface area contributed by atoms with Crippen LogP contribution in [-0.2, 0) is 14.6 Å². The van der Waals surface area contributed by atoms with Gasteiger partial charge in [0, 0.05) is 18.9 Å². The van der Waals surface area contributed by atoms with Gasteiger partial charge >= 0.3 is 6.03 Å². The molecule has 140 valence electrons. The van der Waals surface area contributed by atoms with E-state index in [1.807, 2.05) is 6.92 Å². The molecule has 7 heteroatoms. The van der Waals surface area contributed by atoms with Crippen LogP contribution in [0.4, 0.5) is 4.79 Å². The highest BCUT2D eigenvalue weighted by atomic mass is 32.2. The average Bonchev–Trinajstić information content (AvgIpc) is 2.73. The fraction of sp³-hybridized carbons (Fsp3) is 0.941. The molecule has 0 bridgehead atoms. The molecule has 2 N–H and O–H groups in total. The van der Waals surface area contributed by atoms with Gasteiger partial charge < -0.3 is 15.4 Å². The van der Waals surface area contributed by atoms with E-state index in [1.54, 1.807) is 0 Å². The lowest BCUT2D eigenvalue weighted by Crippen LogP contribution is -2.52. The SMILES string of the molecule is CCO[C@@H]1CCCCC[C@H]1NC(=O)NC1CCCC(S(C)(=O)=O)C1. The zero-order valence-corrected chi connectivity index (χ0v) is 15.7. The highest BCUT2D eigenvalue weighted by Gasteiger charge is 2.31. The fourth-order valence-corrected chi connectivity index (χ4v) is 5.09. The minimum Gasteiger partial charge on any atom is -0.376 e. The Hall–Kier alpha value is -0.820. The summed E-state index contributed by atoms with van der Waals surface area (Å²) in [5.74, 6) is 0. The minimum absolute atomic E-state index is 0.0433. The molecule has 2 fully saturated rings. The molecule has 24 heavy (non-hydrogen) atoms. The van der Waals surface area contributed by atoms with E-state index in [9.17, 15) is 13.2 Å². The van der Waals surface area contributed by atoms with Crippen molar-refractivity contribution in [2.75, 3.05) is 12.9 Å². The summed E-state index contributed by atoms with van der Waals surface area (Å²) in [5.41, 5.74) is 0. The molecule has 0 aromatic carbocycles. The van der Waals surface area contributed by atoms with Crippen LogP contribution in [-0.4, -0.2) is 50.7 Å². The van der Waals surface area contributed by atoms with Crippen molar-refractivity contribution in [3.8, 4) is 0 Å². The Morgan fingerprint density at radius 3 is 2.50 bits per heavy atom. The van der Waals surface area contributed by atoms with Gasteiger partial charge in [-0.3, -0.25) is 0 Å². The smallest absolute Gasteiger partial charge is 0.315 e. The van der Waals surface area contributed by atoms with E-state index in [0.717, 1.165) is 38.5 Å². The molecular weight excluding hydrogens is 328 g/mol. The lowest BCUT2D eigenvalue weighted by Gasteiger charge is -2.30. The normalized spacial score (nSPS) is 31.9. The van der Waals surface area contributed by atoms with Crippen LogP contribution in [0, 0.1) is 0 Å². The first-order chi connectivity index (χ1) is 11.4. The van der Waals surface area contributed by atoms with Crippen LogP contribution in [0.5, 0.6) is 0 Å². The lowest BCUT2D eigenvalue weighted by molar-refractivity contribution is 0.0326. The van der Waals surface area contributed by atoms with Crippen molar-refractivity contribution in [2.24, 2.45) is 0 Å². The number of rotatable bonds is 5. The van der Waals surface area contributed by atoms with Gasteiger partial charge in [0.2, 0.25) is 0 Å². The van der Waals surface area contributed by atoms with Gasteiger partial charge in [0.25, 0.3) is 0 Å². The lowest BCUT2D eigenvalue weighted by atomic mass is 9.95. The fourth-order valence-electron chi connectivity index (χ4n) is 3.91. The third-order valence-electron chi connectivity index (χ3n) is 5.22. The average molecular weight is 361 g/mol.